The molecule has 0 atom stereocenters. The number of nitrogens with zero attached hydrogens (tertiary/aromatic N) is 1. The van der Waals surface area contributed by atoms with Crippen LogP contribution >= 0.6 is 0 Å². The normalized spacial score (nSPS) is 13.9. The van der Waals surface area contributed by atoms with Gasteiger partial charge < -0.3 is 21.4 Å². The van der Waals surface area contributed by atoms with E-state index in [0.29, 0.717) is 0 Å². The summed E-state index contributed by atoms with van der Waals surface area (Å²) in [4.78, 5) is 0. The molecule has 0 bridgehead atoms. The summed E-state index contributed by atoms with van der Waals surface area (Å²) in [5, 5.41) is 8.51. The lowest BCUT2D eigenvalue weighted by atomic mass is 10.0. The molecule has 0 radical (unpaired) electrons. The lowest BCUT2D eigenvalue weighted by Gasteiger charge is -2.14. The quantitative estimate of drug-likeness (QED) is 0.237. The topological polar surface area (TPSA) is 69.0 Å². The molecule has 0 spiro atoms. The van der Waals surface area contributed by atoms with E-state index in [1.165, 1.54) is 56.2 Å². The largest absolute Gasteiger partial charge is 0.404 e. The molecule has 1 aliphatic rings. The van der Waals surface area contributed by atoms with Crippen LogP contribution in [0.15, 0.2) is 128 Å². The van der Waals surface area contributed by atoms with E-state index in [9.17, 15) is 0 Å². The molecule has 0 fully saturated rings. The van der Waals surface area contributed by atoms with Crippen molar-refractivity contribution < 1.29 is 0 Å². The highest BCUT2D eigenvalue weighted by molar-refractivity contribution is 6.19. The molecule has 38 heavy (non-hydrogen) atoms. The number of benzene rings is 3. The molecule has 0 saturated heterocycles. The van der Waals surface area contributed by atoms with Crippen molar-refractivity contribution in [2.24, 2.45) is 11.5 Å². The Morgan fingerprint density at radius 1 is 1.00 bits per heavy atom. The molecule has 0 saturated carbocycles. The van der Waals surface area contributed by atoms with E-state index >= 15 is 0 Å². The summed E-state index contributed by atoms with van der Waals surface area (Å²) >= 11 is 0. The highest BCUT2D eigenvalue weighted by atomic mass is 15.0. The molecule has 0 amide bonds. The second-order valence-corrected chi connectivity index (χ2v) is 9.13. The molecule has 1 aromatic heterocycles. The van der Waals surface area contributed by atoms with Gasteiger partial charge >= 0.3 is 0 Å². The maximum Gasteiger partial charge on any atom is 0.0615 e. The van der Waals surface area contributed by atoms with Crippen LogP contribution in [0.3, 0.4) is 0 Å². The van der Waals surface area contributed by atoms with Crippen LogP contribution in [0.5, 0.6) is 0 Å². The molecular weight excluding hydrogens is 464 g/mol. The van der Waals surface area contributed by atoms with Gasteiger partial charge in [0.1, 0.15) is 0 Å². The van der Waals surface area contributed by atoms with Crippen LogP contribution < -0.4 is 16.8 Å². The Bertz CT molecular complexity index is 1650. The fourth-order valence-corrected chi connectivity index (χ4v) is 4.79. The number of nitrogens with two attached hydrogens (primary N) is 2. The molecule has 1 aliphatic heterocycles. The van der Waals surface area contributed by atoms with Crippen molar-refractivity contribution in [3.05, 3.63) is 133 Å². The van der Waals surface area contributed by atoms with E-state index in [-0.39, 0.29) is 0 Å². The third-order valence-corrected chi connectivity index (χ3v) is 6.60. The molecule has 0 unspecified atom stereocenters. The average Bonchev–Trinajstić information content (AvgIpc) is 3.31. The second-order valence-electron chi connectivity index (χ2n) is 9.13. The van der Waals surface area contributed by atoms with Gasteiger partial charge in [0.15, 0.2) is 0 Å². The highest BCUT2D eigenvalue weighted by Crippen LogP contribution is 2.36. The van der Waals surface area contributed by atoms with Crippen molar-refractivity contribution >= 4 is 44.0 Å². The van der Waals surface area contributed by atoms with E-state index in [1.54, 1.807) is 6.08 Å². The van der Waals surface area contributed by atoms with E-state index in [4.69, 9.17) is 11.5 Å². The number of hydrogen-bond donors (Lipinski definition) is 3. The maximum atomic E-state index is 5.41. The minimum atomic E-state index is 0.849. The summed E-state index contributed by atoms with van der Waals surface area (Å²) in [6, 6.07) is 19.8. The van der Waals surface area contributed by atoms with Crippen LogP contribution in [0, 0.1) is 0 Å². The molecular formula is C34H36N4. The van der Waals surface area contributed by atoms with Crippen LogP contribution in [0.1, 0.15) is 25.8 Å². The van der Waals surface area contributed by atoms with Crippen molar-refractivity contribution in [3.63, 3.8) is 0 Å². The summed E-state index contributed by atoms with van der Waals surface area (Å²) < 4.78 is 2.29. The fourth-order valence-electron chi connectivity index (χ4n) is 4.79. The van der Waals surface area contributed by atoms with Gasteiger partial charge in [0.25, 0.3) is 0 Å². The Morgan fingerprint density at radius 2 is 1.76 bits per heavy atom. The highest BCUT2D eigenvalue weighted by Gasteiger charge is 2.14. The van der Waals surface area contributed by atoms with Gasteiger partial charge in [0.05, 0.1) is 11.0 Å². The summed E-state index contributed by atoms with van der Waals surface area (Å²) in [7, 11) is 0. The van der Waals surface area contributed by atoms with Crippen molar-refractivity contribution in [3.8, 4) is 0 Å². The Morgan fingerprint density at radius 3 is 2.42 bits per heavy atom. The first-order valence-electron chi connectivity index (χ1n) is 12.9. The molecule has 4 aromatic rings. The van der Waals surface area contributed by atoms with E-state index in [2.05, 4.69) is 110 Å². The first kappa shape index (κ1) is 26.4. The molecule has 4 heteroatoms. The number of dihydropyridines is 1. The van der Waals surface area contributed by atoms with Gasteiger partial charge in [-0.2, -0.15) is 0 Å². The Labute approximate surface area is 225 Å². The predicted molar refractivity (Wildman–Crippen MR) is 167 cm³/mol. The van der Waals surface area contributed by atoms with Crippen LogP contribution in [0.25, 0.3) is 44.0 Å². The SMILES string of the molecule is C=C(C)n1c2ccccc2c2ccc3cc(C4=CC=CCN4)ccc3c21.C=CC(=C\N)/C(/C=C\CC)=C/N. The van der Waals surface area contributed by atoms with Crippen LogP contribution in [0.4, 0.5) is 0 Å². The maximum absolute atomic E-state index is 5.41. The van der Waals surface area contributed by atoms with E-state index < -0.39 is 0 Å². The standard InChI is InChI=1S/C24H20N2.C10H16N2/c1-16(2)26-23-9-4-3-7-20(23)21-13-10-17-15-18(11-12-19(17)24(21)26)22-8-5-6-14-25-22;1-3-5-6-10(8-12)9(4-2)7-11/h3-13,15,25H,1,14H2,2H3;4-8H,2-3,11-12H2,1H3/b;6-5-,9-7+,10-8+. The van der Waals surface area contributed by atoms with Gasteiger partial charge in [-0.05, 0) is 53.6 Å². The third-order valence-electron chi connectivity index (χ3n) is 6.60. The lowest BCUT2D eigenvalue weighted by Crippen LogP contribution is -2.14. The molecule has 0 aliphatic carbocycles. The minimum Gasteiger partial charge on any atom is -0.404 e. The number of hydrogen-bond acceptors (Lipinski definition) is 3. The molecule has 4 nitrogen and oxygen atoms in total. The van der Waals surface area contributed by atoms with E-state index in [1.807, 2.05) is 12.2 Å². The zero-order valence-electron chi connectivity index (χ0n) is 22.2. The third kappa shape index (κ3) is 5.21. The van der Waals surface area contributed by atoms with Crippen molar-refractivity contribution in [2.75, 3.05) is 6.54 Å². The average molecular weight is 501 g/mol. The van der Waals surface area contributed by atoms with Crippen LogP contribution in [0.2, 0.25) is 0 Å². The summed E-state index contributed by atoms with van der Waals surface area (Å²) in [5.74, 6) is 0. The molecule has 5 N–H and O–H groups in total. The monoisotopic (exact) mass is 500 g/mol. The number of aromatic nitrogens is 1. The second kappa shape index (κ2) is 12.0. The molecule has 192 valence electrons. The zero-order valence-corrected chi connectivity index (χ0v) is 22.2. The number of allylic oxidation sites excluding steroid dienone is 8. The lowest BCUT2D eigenvalue weighted by molar-refractivity contribution is 0.996. The summed E-state index contributed by atoms with van der Waals surface area (Å²) in [6.45, 7) is 12.9. The number of rotatable bonds is 6. The Hall–Kier alpha value is -4.70. The van der Waals surface area contributed by atoms with Crippen molar-refractivity contribution in [2.45, 2.75) is 20.3 Å². The fraction of sp³-hybridized carbons (Fsp3) is 0.118. The smallest absolute Gasteiger partial charge is 0.0615 e. The first-order valence-corrected chi connectivity index (χ1v) is 12.9. The van der Waals surface area contributed by atoms with Gasteiger partial charge in [-0.3, -0.25) is 0 Å². The van der Waals surface area contributed by atoms with Gasteiger partial charge in [-0.15, -0.1) is 0 Å². The van der Waals surface area contributed by atoms with E-state index in [0.717, 1.165) is 29.8 Å². The Balaban J connectivity index is 0.000000240. The minimum absolute atomic E-state index is 0.849. The zero-order chi connectivity index (χ0) is 27.1. The van der Waals surface area contributed by atoms with Crippen molar-refractivity contribution in [1.29, 1.82) is 0 Å². The number of nitrogens with one attached hydrogen (secondary N) is 1. The summed E-state index contributed by atoms with van der Waals surface area (Å²) in [6.07, 6.45) is 16.0. The number of fused-ring (bicyclic) bond motifs is 5. The molecule has 2 heterocycles. The van der Waals surface area contributed by atoms with Crippen LogP contribution in [-0.4, -0.2) is 11.1 Å². The first-order chi connectivity index (χ1) is 18.5. The summed E-state index contributed by atoms with van der Waals surface area (Å²) in [5.41, 5.74) is 18.4. The molecule has 5 rings (SSSR count). The van der Waals surface area contributed by atoms with Gasteiger partial charge in [-0.1, -0.05) is 92.9 Å². The van der Waals surface area contributed by atoms with Crippen molar-refractivity contribution in [1.82, 2.24) is 9.88 Å². The Kier molecular flexibility index (Phi) is 8.34. The van der Waals surface area contributed by atoms with Gasteiger partial charge in [-0.25, -0.2) is 0 Å². The number of para-hydroxylation sites is 1. The van der Waals surface area contributed by atoms with Crippen LogP contribution in [-0.2, 0) is 0 Å². The molecule has 3 aromatic carbocycles. The van der Waals surface area contributed by atoms with Gasteiger partial charge in [0, 0.05) is 46.5 Å². The predicted octanol–water partition coefficient (Wildman–Crippen LogP) is 7.76. The van der Waals surface area contributed by atoms with Gasteiger partial charge in [0.2, 0.25) is 0 Å².